The van der Waals surface area contributed by atoms with Crippen LogP contribution in [0.15, 0.2) is 24.4 Å². The van der Waals surface area contributed by atoms with E-state index in [1.54, 1.807) is 0 Å². The van der Waals surface area contributed by atoms with E-state index in [0.717, 1.165) is 57.7 Å². The summed E-state index contributed by atoms with van der Waals surface area (Å²) in [6.45, 7) is 4.34. The number of amides is 1. The topological polar surface area (TPSA) is 62.5 Å². The minimum Gasteiger partial charge on any atom is -0.340 e. The van der Waals surface area contributed by atoms with E-state index in [0.29, 0.717) is 0 Å². The average Bonchev–Trinajstić information content (AvgIpc) is 2.94. The van der Waals surface area contributed by atoms with Gasteiger partial charge in [-0.3, -0.25) is 14.7 Å². The van der Waals surface area contributed by atoms with Crippen molar-refractivity contribution >= 4 is 43.1 Å². The molecule has 2 heterocycles. The smallest absolute Gasteiger partial charge is 0.227 e. The molecule has 1 aromatic heterocycles. The number of nitrogens with two attached hydrogens (primary N) is 1. The van der Waals surface area contributed by atoms with Gasteiger partial charge in [0.2, 0.25) is 5.91 Å². The fourth-order valence-electron chi connectivity index (χ4n) is 3.38. The van der Waals surface area contributed by atoms with Crippen molar-refractivity contribution in [2.75, 3.05) is 26.2 Å². The van der Waals surface area contributed by atoms with Gasteiger partial charge in [-0.25, -0.2) is 0 Å². The van der Waals surface area contributed by atoms with Gasteiger partial charge in [0.25, 0.3) is 0 Å². The highest BCUT2D eigenvalue weighted by atomic mass is 35.5. The van der Waals surface area contributed by atoms with E-state index in [1.165, 1.54) is 0 Å². The molecule has 1 aromatic rings. The van der Waals surface area contributed by atoms with Gasteiger partial charge in [-0.2, -0.15) is 0 Å². The fourth-order valence-corrected chi connectivity index (χ4v) is 3.38. The molecule has 138 valence electrons. The molecule has 0 spiro atoms. The standard InChI is InChI=1S/C16H24N4O.3ClH/c17-15-6-3-5-14(15)16(21)20-10-8-19(9-11-20)12-13-4-1-2-7-18-13;;;/h1-2,4,7,14-15H,3,5-6,8-12,17H2;3*1H. The van der Waals surface area contributed by atoms with E-state index in [2.05, 4.69) is 16.0 Å². The van der Waals surface area contributed by atoms with Crippen LogP contribution in [0.5, 0.6) is 0 Å². The van der Waals surface area contributed by atoms with E-state index < -0.39 is 0 Å². The quantitative estimate of drug-likeness (QED) is 0.848. The van der Waals surface area contributed by atoms with E-state index >= 15 is 0 Å². The number of nitrogens with zero attached hydrogens (tertiary/aromatic N) is 3. The molecule has 3 rings (SSSR count). The molecular weight excluding hydrogens is 371 g/mol. The third-order valence-corrected chi connectivity index (χ3v) is 4.68. The number of aromatic nitrogens is 1. The minimum atomic E-state index is 0. The van der Waals surface area contributed by atoms with Gasteiger partial charge < -0.3 is 10.6 Å². The van der Waals surface area contributed by atoms with Crippen LogP contribution in [0.25, 0.3) is 0 Å². The predicted octanol–water partition coefficient (Wildman–Crippen LogP) is 2.12. The molecule has 2 N–H and O–H groups in total. The largest absolute Gasteiger partial charge is 0.340 e. The Labute approximate surface area is 162 Å². The van der Waals surface area contributed by atoms with Crippen LogP contribution in [0.1, 0.15) is 25.0 Å². The number of hydrogen-bond acceptors (Lipinski definition) is 4. The van der Waals surface area contributed by atoms with Gasteiger partial charge >= 0.3 is 0 Å². The molecule has 0 aromatic carbocycles. The van der Waals surface area contributed by atoms with Crippen molar-refractivity contribution in [1.29, 1.82) is 0 Å². The summed E-state index contributed by atoms with van der Waals surface area (Å²) in [6, 6.07) is 6.08. The van der Waals surface area contributed by atoms with Crippen molar-refractivity contribution in [3.8, 4) is 0 Å². The molecule has 1 aliphatic carbocycles. The Hall–Kier alpha value is -0.590. The van der Waals surface area contributed by atoms with Crippen molar-refractivity contribution in [2.45, 2.75) is 31.8 Å². The monoisotopic (exact) mass is 396 g/mol. The molecule has 2 atom stereocenters. The SMILES string of the molecule is Cl.Cl.Cl.NC1CCCC1C(=O)N1CCN(Cc2ccccn2)CC1. The Bertz CT molecular complexity index is 483. The van der Waals surface area contributed by atoms with Crippen LogP contribution in [0.2, 0.25) is 0 Å². The molecule has 8 heteroatoms. The molecule has 1 saturated heterocycles. The second-order valence-corrected chi connectivity index (χ2v) is 6.12. The molecule has 1 aliphatic heterocycles. The number of piperazine rings is 1. The van der Waals surface area contributed by atoms with Gasteiger partial charge in [-0.05, 0) is 25.0 Å². The molecule has 2 unspecified atom stereocenters. The summed E-state index contributed by atoms with van der Waals surface area (Å²) in [4.78, 5) is 21.2. The highest BCUT2D eigenvalue weighted by Crippen LogP contribution is 2.26. The summed E-state index contributed by atoms with van der Waals surface area (Å²) < 4.78 is 0. The molecule has 0 bridgehead atoms. The normalized spacial score (nSPS) is 23.6. The first-order valence-electron chi connectivity index (χ1n) is 7.90. The van der Waals surface area contributed by atoms with Crippen molar-refractivity contribution in [1.82, 2.24) is 14.8 Å². The average molecular weight is 398 g/mol. The molecule has 5 nitrogen and oxygen atoms in total. The Balaban J connectivity index is 0.00000176. The molecule has 2 fully saturated rings. The second kappa shape index (κ2) is 11.1. The predicted molar refractivity (Wildman–Crippen MR) is 103 cm³/mol. The van der Waals surface area contributed by atoms with Crippen LogP contribution in [-0.2, 0) is 11.3 Å². The van der Waals surface area contributed by atoms with Crippen LogP contribution < -0.4 is 5.73 Å². The maximum absolute atomic E-state index is 12.5. The van der Waals surface area contributed by atoms with E-state index in [-0.39, 0.29) is 55.1 Å². The van der Waals surface area contributed by atoms with Gasteiger partial charge in [-0.15, -0.1) is 37.2 Å². The number of rotatable bonds is 3. The van der Waals surface area contributed by atoms with Gasteiger partial charge in [0.1, 0.15) is 0 Å². The van der Waals surface area contributed by atoms with Crippen LogP contribution in [0.3, 0.4) is 0 Å². The van der Waals surface area contributed by atoms with Crippen LogP contribution in [0.4, 0.5) is 0 Å². The zero-order valence-corrected chi connectivity index (χ0v) is 16.1. The minimum absolute atomic E-state index is 0. The summed E-state index contributed by atoms with van der Waals surface area (Å²) in [6.07, 6.45) is 4.89. The molecule has 1 saturated carbocycles. The van der Waals surface area contributed by atoms with E-state index in [9.17, 15) is 4.79 Å². The number of pyridine rings is 1. The van der Waals surface area contributed by atoms with Crippen molar-refractivity contribution in [3.63, 3.8) is 0 Å². The number of carbonyl (C=O) groups is 1. The molecule has 0 radical (unpaired) electrons. The maximum atomic E-state index is 12.5. The summed E-state index contributed by atoms with van der Waals surface area (Å²) in [5, 5.41) is 0. The van der Waals surface area contributed by atoms with Gasteiger partial charge in [0.05, 0.1) is 11.6 Å². The third-order valence-electron chi connectivity index (χ3n) is 4.68. The summed E-state index contributed by atoms with van der Waals surface area (Å²) >= 11 is 0. The first kappa shape index (κ1) is 23.4. The van der Waals surface area contributed by atoms with E-state index in [1.807, 2.05) is 23.2 Å². The van der Waals surface area contributed by atoms with E-state index in [4.69, 9.17) is 5.73 Å². The first-order chi connectivity index (χ1) is 10.2. The summed E-state index contributed by atoms with van der Waals surface area (Å²) in [5.41, 5.74) is 7.14. The highest BCUT2D eigenvalue weighted by molar-refractivity contribution is 5.86. The van der Waals surface area contributed by atoms with Gasteiger partial charge in [-0.1, -0.05) is 12.5 Å². The zero-order valence-electron chi connectivity index (χ0n) is 13.7. The van der Waals surface area contributed by atoms with Crippen molar-refractivity contribution < 1.29 is 4.79 Å². The van der Waals surface area contributed by atoms with Crippen LogP contribution in [0, 0.1) is 5.92 Å². The first-order valence-corrected chi connectivity index (χ1v) is 7.90. The van der Waals surface area contributed by atoms with Crippen molar-refractivity contribution in [3.05, 3.63) is 30.1 Å². The Morgan fingerprint density at radius 2 is 1.83 bits per heavy atom. The number of hydrogen-bond donors (Lipinski definition) is 1. The lowest BCUT2D eigenvalue weighted by Gasteiger charge is -2.36. The van der Waals surface area contributed by atoms with Gasteiger partial charge in [0.15, 0.2) is 0 Å². The molecule has 1 amide bonds. The fraction of sp³-hybridized carbons (Fsp3) is 0.625. The Kier molecular flexibility index (Phi) is 10.8. The molecular formula is C16H27Cl3N4O. The van der Waals surface area contributed by atoms with Crippen molar-refractivity contribution in [2.24, 2.45) is 11.7 Å². The number of halogens is 3. The highest BCUT2D eigenvalue weighted by Gasteiger charge is 2.34. The summed E-state index contributed by atoms with van der Waals surface area (Å²) in [5.74, 6) is 0.338. The lowest BCUT2D eigenvalue weighted by Crippen LogP contribution is -2.51. The van der Waals surface area contributed by atoms with Crippen LogP contribution >= 0.6 is 37.2 Å². The Morgan fingerprint density at radius 3 is 2.38 bits per heavy atom. The molecule has 2 aliphatic rings. The Morgan fingerprint density at radius 1 is 1.12 bits per heavy atom. The van der Waals surface area contributed by atoms with Gasteiger partial charge in [0, 0.05) is 45.0 Å². The zero-order chi connectivity index (χ0) is 14.7. The lowest BCUT2D eigenvalue weighted by atomic mass is 10.0. The number of carbonyl (C=O) groups excluding carboxylic acids is 1. The lowest BCUT2D eigenvalue weighted by molar-refractivity contribution is -0.137. The summed E-state index contributed by atoms with van der Waals surface area (Å²) in [7, 11) is 0. The third kappa shape index (κ3) is 5.74. The maximum Gasteiger partial charge on any atom is 0.227 e. The second-order valence-electron chi connectivity index (χ2n) is 6.12. The molecule has 24 heavy (non-hydrogen) atoms. The van der Waals surface area contributed by atoms with Crippen LogP contribution in [-0.4, -0.2) is 52.9 Å².